The third-order valence-electron chi connectivity index (χ3n) is 5.07. The largest absolute Gasteiger partial charge is 0.316 e. The molecule has 0 aliphatic carbocycles. The molecule has 6 nitrogen and oxygen atoms in total. The van der Waals surface area contributed by atoms with Crippen LogP contribution in [0.15, 0.2) is 49.4 Å². The summed E-state index contributed by atoms with van der Waals surface area (Å²) in [5.41, 5.74) is 1.04. The molecule has 0 N–H and O–H groups in total. The molecular weight excluding hydrogens is 494 g/mol. The predicted octanol–water partition coefficient (Wildman–Crippen LogP) is 4.07. The Morgan fingerprint density at radius 3 is 2.66 bits per heavy atom. The van der Waals surface area contributed by atoms with E-state index in [-0.39, 0.29) is 11.8 Å². The van der Waals surface area contributed by atoms with Crippen LogP contribution in [0.4, 0.5) is 0 Å². The fraction of sp³-hybridized carbons (Fsp3) is 0.368. The molecule has 0 radical (unpaired) electrons. The lowest BCUT2D eigenvalue weighted by Gasteiger charge is -2.29. The van der Waals surface area contributed by atoms with Gasteiger partial charge in [0.25, 0.3) is 15.9 Å². The van der Waals surface area contributed by atoms with E-state index in [0.29, 0.717) is 41.5 Å². The maximum absolute atomic E-state index is 12.8. The van der Waals surface area contributed by atoms with Crippen molar-refractivity contribution in [1.29, 1.82) is 0 Å². The molecule has 10 heteroatoms. The van der Waals surface area contributed by atoms with Crippen molar-refractivity contribution in [3.63, 3.8) is 0 Å². The molecule has 3 heterocycles. The summed E-state index contributed by atoms with van der Waals surface area (Å²) in [6, 6.07) is 9.33. The highest BCUT2D eigenvalue weighted by Crippen LogP contribution is 2.28. The summed E-state index contributed by atoms with van der Waals surface area (Å²) in [5.74, 6) is -0.410. The number of thiophene rings is 1. The van der Waals surface area contributed by atoms with Crippen LogP contribution in [0.2, 0.25) is 0 Å². The van der Waals surface area contributed by atoms with Gasteiger partial charge in [0, 0.05) is 30.0 Å². The van der Waals surface area contributed by atoms with Crippen molar-refractivity contribution >= 4 is 64.8 Å². The number of thiazole rings is 1. The van der Waals surface area contributed by atoms with Crippen LogP contribution in [-0.2, 0) is 21.4 Å². The number of aryl methyl sites for hydroxylation is 1. The number of aromatic nitrogens is 1. The third-order valence-corrected chi connectivity index (χ3v) is 10.0. The molecule has 1 aliphatic heterocycles. The summed E-state index contributed by atoms with van der Waals surface area (Å²) in [7, 11) is -3.46. The maximum atomic E-state index is 12.8. The first kappa shape index (κ1) is 20.9. The average Bonchev–Trinajstić information content (AvgIpc) is 3.37. The van der Waals surface area contributed by atoms with Crippen molar-refractivity contribution in [1.82, 2.24) is 8.87 Å². The Morgan fingerprint density at radius 2 is 2.00 bits per heavy atom. The second kappa shape index (κ2) is 8.43. The molecule has 154 valence electrons. The SMILES string of the molecule is CCn1c(=NC(=O)C2CCN(S(=O)(=O)c3cccs3)CC2)sc2cccc(Br)c21. The van der Waals surface area contributed by atoms with Crippen molar-refractivity contribution in [2.45, 2.75) is 30.5 Å². The molecule has 3 aromatic rings. The first-order valence-electron chi connectivity index (χ1n) is 9.32. The first-order valence-corrected chi connectivity index (χ1v) is 13.2. The highest BCUT2D eigenvalue weighted by atomic mass is 79.9. The Kier molecular flexibility index (Phi) is 6.08. The van der Waals surface area contributed by atoms with Gasteiger partial charge in [-0.15, -0.1) is 11.3 Å². The lowest BCUT2D eigenvalue weighted by atomic mass is 9.98. The zero-order valence-corrected chi connectivity index (χ0v) is 19.8. The molecule has 2 aromatic heterocycles. The van der Waals surface area contributed by atoms with E-state index < -0.39 is 10.0 Å². The molecular formula is C19H20BrN3O3S3. The van der Waals surface area contributed by atoms with E-state index in [2.05, 4.69) is 20.9 Å². The minimum absolute atomic E-state index is 0.164. The van der Waals surface area contributed by atoms with Crippen molar-refractivity contribution in [2.24, 2.45) is 10.9 Å². The molecule has 1 fully saturated rings. The number of nitrogens with zero attached hydrogens (tertiary/aromatic N) is 3. The highest BCUT2D eigenvalue weighted by Gasteiger charge is 2.32. The van der Waals surface area contributed by atoms with Gasteiger partial charge in [0.2, 0.25) is 0 Å². The Morgan fingerprint density at radius 1 is 1.24 bits per heavy atom. The molecule has 1 amide bonds. The fourth-order valence-corrected chi connectivity index (χ4v) is 7.98. The van der Waals surface area contributed by atoms with E-state index in [4.69, 9.17) is 0 Å². The molecule has 0 saturated carbocycles. The number of sulfonamides is 1. The molecule has 1 aromatic carbocycles. The Hall–Kier alpha value is -1.33. The first-order chi connectivity index (χ1) is 13.9. The number of para-hydroxylation sites is 1. The standard InChI is InChI=1S/C19H20BrN3O3S3/c1-2-23-17-14(20)5-3-6-15(17)28-19(23)21-18(24)13-8-10-22(11-9-13)29(25,26)16-7-4-12-27-16/h3-7,12-13H,2,8-11H2,1H3. The van der Waals surface area contributed by atoms with Gasteiger partial charge in [0.05, 0.1) is 10.2 Å². The summed E-state index contributed by atoms with van der Waals surface area (Å²) in [5, 5.41) is 1.76. The average molecular weight is 514 g/mol. The number of hydrogen-bond acceptors (Lipinski definition) is 5. The highest BCUT2D eigenvalue weighted by molar-refractivity contribution is 9.10. The van der Waals surface area contributed by atoms with Crippen molar-refractivity contribution in [2.75, 3.05) is 13.1 Å². The molecule has 0 spiro atoms. The number of fused-ring (bicyclic) bond motifs is 1. The van der Waals surface area contributed by atoms with Gasteiger partial charge < -0.3 is 4.57 Å². The van der Waals surface area contributed by atoms with Crippen LogP contribution in [0.25, 0.3) is 10.2 Å². The summed E-state index contributed by atoms with van der Waals surface area (Å²) in [6.07, 6.45) is 0.987. The molecule has 29 heavy (non-hydrogen) atoms. The summed E-state index contributed by atoms with van der Waals surface area (Å²) in [6.45, 7) is 3.44. The van der Waals surface area contributed by atoms with Crippen LogP contribution in [-0.4, -0.2) is 36.3 Å². The number of halogens is 1. The van der Waals surface area contributed by atoms with Crippen LogP contribution in [0.3, 0.4) is 0 Å². The third kappa shape index (κ3) is 4.00. The van der Waals surface area contributed by atoms with Crippen molar-refractivity contribution in [3.8, 4) is 0 Å². The van der Waals surface area contributed by atoms with E-state index in [1.54, 1.807) is 17.5 Å². The topological polar surface area (TPSA) is 71.7 Å². The molecule has 1 aliphatic rings. The minimum Gasteiger partial charge on any atom is -0.316 e. The molecule has 0 unspecified atom stereocenters. The van der Waals surface area contributed by atoms with Crippen molar-refractivity contribution in [3.05, 3.63) is 45.0 Å². The van der Waals surface area contributed by atoms with Crippen LogP contribution in [0.1, 0.15) is 19.8 Å². The summed E-state index contributed by atoms with van der Waals surface area (Å²) < 4.78 is 31.2. The lowest BCUT2D eigenvalue weighted by Crippen LogP contribution is -2.40. The van der Waals surface area contributed by atoms with Gasteiger partial charge in [-0.2, -0.15) is 9.30 Å². The van der Waals surface area contributed by atoms with Gasteiger partial charge >= 0.3 is 0 Å². The second-order valence-corrected chi connectivity index (χ2v) is 11.8. The predicted molar refractivity (Wildman–Crippen MR) is 120 cm³/mol. The van der Waals surface area contributed by atoms with Crippen LogP contribution in [0, 0.1) is 5.92 Å². The van der Waals surface area contributed by atoms with Gasteiger partial charge in [-0.05, 0) is 59.3 Å². The van der Waals surface area contributed by atoms with Crippen LogP contribution < -0.4 is 4.80 Å². The van der Waals surface area contributed by atoms with E-state index in [1.807, 2.05) is 29.7 Å². The van der Waals surface area contributed by atoms with Gasteiger partial charge in [-0.3, -0.25) is 4.79 Å². The van der Waals surface area contributed by atoms with E-state index in [9.17, 15) is 13.2 Å². The van der Waals surface area contributed by atoms with Crippen LogP contribution in [0.5, 0.6) is 0 Å². The minimum atomic E-state index is -3.46. The van der Waals surface area contributed by atoms with Crippen molar-refractivity contribution < 1.29 is 13.2 Å². The fourth-order valence-electron chi connectivity index (χ4n) is 3.53. The van der Waals surface area contributed by atoms with Gasteiger partial charge in [-0.1, -0.05) is 23.5 Å². The maximum Gasteiger partial charge on any atom is 0.252 e. The number of carbonyl (C=O) groups is 1. The number of amides is 1. The smallest absolute Gasteiger partial charge is 0.252 e. The normalized spacial score (nSPS) is 17.2. The molecule has 1 saturated heterocycles. The zero-order valence-electron chi connectivity index (χ0n) is 15.7. The summed E-state index contributed by atoms with van der Waals surface area (Å²) in [4.78, 5) is 17.9. The van der Waals surface area contributed by atoms with E-state index in [0.717, 1.165) is 14.7 Å². The lowest BCUT2D eigenvalue weighted by molar-refractivity contribution is -0.122. The Bertz CT molecular complexity index is 1200. The zero-order chi connectivity index (χ0) is 20.6. The Balaban J connectivity index is 1.54. The number of carbonyl (C=O) groups excluding carboxylic acids is 1. The summed E-state index contributed by atoms with van der Waals surface area (Å²) >= 11 is 6.30. The second-order valence-electron chi connectivity index (χ2n) is 6.78. The molecule has 0 atom stereocenters. The van der Waals surface area contributed by atoms with Gasteiger partial charge in [0.1, 0.15) is 4.21 Å². The number of rotatable bonds is 4. The number of hydrogen-bond donors (Lipinski definition) is 0. The molecule has 0 bridgehead atoms. The van der Waals surface area contributed by atoms with E-state index in [1.165, 1.54) is 27.0 Å². The number of piperidine rings is 1. The van der Waals surface area contributed by atoms with Gasteiger partial charge in [-0.25, -0.2) is 8.42 Å². The van der Waals surface area contributed by atoms with Crippen LogP contribution >= 0.6 is 38.6 Å². The monoisotopic (exact) mass is 513 g/mol. The number of benzene rings is 1. The molecule has 4 rings (SSSR count). The van der Waals surface area contributed by atoms with E-state index >= 15 is 0 Å². The quantitative estimate of drug-likeness (QED) is 0.527. The Labute approximate surface area is 185 Å². The van der Waals surface area contributed by atoms with Gasteiger partial charge in [0.15, 0.2) is 4.80 Å².